The Morgan fingerprint density at radius 3 is 2.75 bits per heavy atom. The summed E-state index contributed by atoms with van der Waals surface area (Å²) >= 11 is 0. The molecule has 0 bridgehead atoms. The van der Waals surface area contributed by atoms with Gasteiger partial charge in [-0.2, -0.15) is 9.97 Å². The Kier molecular flexibility index (Phi) is 2.56. The van der Waals surface area contributed by atoms with Gasteiger partial charge in [-0.25, -0.2) is 5.84 Å². The fourth-order valence-corrected chi connectivity index (χ4v) is 1.12. The molecule has 0 amide bonds. The lowest BCUT2D eigenvalue weighted by Gasteiger charge is -2.04. The molecule has 16 heavy (non-hydrogen) atoms. The molecule has 84 valence electrons. The van der Waals surface area contributed by atoms with Crippen LogP contribution in [0.5, 0.6) is 11.8 Å². The molecule has 6 N–H and O–H groups in total. The van der Waals surface area contributed by atoms with E-state index in [0.29, 0.717) is 11.7 Å². The van der Waals surface area contributed by atoms with E-state index in [1.54, 1.807) is 6.07 Å². The Morgan fingerprint density at radius 2 is 2.12 bits per heavy atom. The van der Waals surface area contributed by atoms with Gasteiger partial charge in [0.1, 0.15) is 5.82 Å². The number of rotatable bonds is 3. The van der Waals surface area contributed by atoms with Gasteiger partial charge in [0.2, 0.25) is 17.7 Å². The zero-order valence-corrected chi connectivity index (χ0v) is 8.56. The van der Waals surface area contributed by atoms with Gasteiger partial charge in [0.05, 0.1) is 0 Å². The third kappa shape index (κ3) is 2.17. The first-order valence-corrected chi connectivity index (χ1v) is 4.48. The average molecular weight is 221 g/mol. The molecule has 0 atom stereocenters. The Balaban J connectivity index is 2.24. The number of hydrazine groups is 1. The van der Waals surface area contributed by atoms with Crippen LogP contribution in [0.3, 0.4) is 0 Å². The van der Waals surface area contributed by atoms with Crippen LogP contribution in [0.25, 0.3) is 0 Å². The van der Waals surface area contributed by atoms with Crippen LogP contribution in [0, 0.1) is 6.92 Å². The fourth-order valence-electron chi connectivity index (χ4n) is 1.12. The summed E-state index contributed by atoms with van der Waals surface area (Å²) in [7, 11) is 0. The second-order valence-electron chi connectivity index (χ2n) is 3.09. The number of hydrogen-bond acceptors (Lipinski definition) is 7. The largest absolute Gasteiger partial charge is 0.419 e. The van der Waals surface area contributed by atoms with E-state index in [1.807, 2.05) is 6.92 Å². The normalized spacial score (nSPS) is 10.1. The predicted molar refractivity (Wildman–Crippen MR) is 57.7 cm³/mol. The summed E-state index contributed by atoms with van der Waals surface area (Å²) in [5.74, 6) is 6.32. The second kappa shape index (κ2) is 4.03. The van der Waals surface area contributed by atoms with Crippen LogP contribution in [-0.4, -0.2) is 20.2 Å². The number of nitrogen functional groups attached to an aromatic ring is 2. The molecule has 8 heteroatoms. The van der Waals surface area contributed by atoms with Gasteiger partial charge < -0.3 is 15.9 Å². The molecule has 8 nitrogen and oxygen atoms in total. The lowest BCUT2D eigenvalue weighted by atomic mass is 10.5. The summed E-state index contributed by atoms with van der Waals surface area (Å²) in [6.07, 6.45) is 0. The van der Waals surface area contributed by atoms with Gasteiger partial charge >= 0.3 is 0 Å². The van der Waals surface area contributed by atoms with E-state index in [9.17, 15) is 0 Å². The van der Waals surface area contributed by atoms with Crippen LogP contribution in [0.2, 0.25) is 0 Å². The van der Waals surface area contributed by atoms with Crippen LogP contribution in [-0.2, 0) is 0 Å². The third-order valence-electron chi connectivity index (χ3n) is 1.76. The molecule has 2 rings (SSSR count). The molecule has 0 aliphatic rings. The number of aromatic amines is 1. The summed E-state index contributed by atoms with van der Waals surface area (Å²) in [4.78, 5) is 7.70. The Bertz CT molecular complexity index is 495. The molecule has 0 spiro atoms. The van der Waals surface area contributed by atoms with Crippen molar-refractivity contribution in [3.05, 3.63) is 17.8 Å². The molecule has 2 aromatic rings. The van der Waals surface area contributed by atoms with E-state index in [2.05, 4.69) is 25.6 Å². The number of H-pyrrole nitrogens is 1. The van der Waals surface area contributed by atoms with Crippen molar-refractivity contribution in [3.63, 3.8) is 0 Å². The average Bonchev–Trinajstić information content (AvgIpc) is 2.63. The van der Waals surface area contributed by atoms with Gasteiger partial charge in [0.25, 0.3) is 0 Å². The van der Waals surface area contributed by atoms with Crippen molar-refractivity contribution < 1.29 is 4.74 Å². The molecule has 0 aliphatic carbocycles. The van der Waals surface area contributed by atoms with Crippen LogP contribution in [0.1, 0.15) is 5.69 Å². The SMILES string of the molecule is Cc1cc(Oc2cc(NN)nc(N)n2)n[nH]1. The number of ether oxygens (including phenoxy) is 1. The van der Waals surface area contributed by atoms with E-state index in [-0.39, 0.29) is 11.8 Å². The van der Waals surface area contributed by atoms with E-state index >= 15 is 0 Å². The third-order valence-corrected chi connectivity index (χ3v) is 1.76. The van der Waals surface area contributed by atoms with Crippen molar-refractivity contribution in [1.29, 1.82) is 0 Å². The summed E-state index contributed by atoms with van der Waals surface area (Å²) in [6, 6.07) is 3.24. The molecular weight excluding hydrogens is 210 g/mol. The minimum absolute atomic E-state index is 0.0673. The summed E-state index contributed by atoms with van der Waals surface area (Å²) < 4.78 is 5.35. The van der Waals surface area contributed by atoms with Gasteiger partial charge in [-0.3, -0.25) is 5.10 Å². The van der Waals surface area contributed by atoms with Gasteiger partial charge in [-0.15, -0.1) is 5.10 Å². The Morgan fingerprint density at radius 1 is 1.31 bits per heavy atom. The molecule has 2 aromatic heterocycles. The maximum absolute atomic E-state index is 5.47. The van der Waals surface area contributed by atoms with E-state index in [1.165, 1.54) is 6.07 Å². The van der Waals surface area contributed by atoms with Crippen LogP contribution in [0.4, 0.5) is 11.8 Å². The first-order valence-electron chi connectivity index (χ1n) is 4.48. The highest BCUT2D eigenvalue weighted by atomic mass is 16.5. The number of nitrogens with zero attached hydrogens (tertiary/aromatic N) is 3. The summed E-state index contributed by atoms with van der Waals surface area (Å²) in [5, 5.41) is 6.64. The smallest absolute Gasteiger partial charge is 0.240 e. The number of aryl methyl sites for hydroxylation is 1. The molecule has 0 radical (unpaired) electrons. The van der Waals surface area contributed by atoms with E-state index in [4.69, 9.17) is 16.3 Å². The Hall–Kier alpha value is -2.35. The maximum Gasteiger partial charge on any atom is 0.240 e. The molecule has 0 unspecified atom stereocenters. The highest BCUT2D eigenvalue weighted by molar-refractivity contribution is 5.42. The first-order chi connectivity index (χ1) is 7.67. The van der Waals surface area contributed by atoms with Crippen molar-refractivity contribution >= 4 is 11.8 Å². The minimum atomic E-state index is 0.0673. The molecule has 0 aromatic carbocycles. The van der Waals surface area contributed by atoms with Gasteiger partial charge in [-0.1, -0.05) is 0 Å². The van der Waals surface area contributed by atoms with Crippen molar-refractivity contribution in [3.8, 4) is 11.8 Å². The summed E-state index contributed by atoms with van der Waals surface area (Å²) in [6.45, 7) is 1.86. The maximum atomic E-state index is 5.47. The lowest BCUT2D eigenvalue weighted by molar-refractivity contribution is 0.443. The number of nitrogens with two attached hydrogens (primary N) is 2. The van der Waals surface area contributed by atoms with Crippen molar-refractivity contribution in [1.82, 2.24) is 20.2 Å². The lowest BCUT2D eigenvalue weighted by Crippen LogP contribution is -2.10. The number of anilines is 2. The van der Waals surface area contributed by atoms with Crippen molar-refractivity contribution in [2.75, 3.05) is 11.2 Å². The molecule has 0 fully saturated rings. The van der Waals surface area contributed by atoms with Crippen LogP contribution in [0.15, 0.2) is 12.1 Å². The fraction of sp³-hybridized carbons (Fsp3) is 0.125. The standard InChI is InChI=1S/C8H11N7O/c1-4-2-7(15-14-4)16-6-3-5(13-10)11-8(9)12-6/h2-3H,10H2,1H3,(H,14,15)(H3,9,11,12,13). The van der Waals surface area contributed by atoms with Gasteiger partial charge in [0.15, 0.2) is 0 Å². The summed E-state index contributed by atoms with van der Waals surface area (Å²) in [5.41, 5.74) is 8.71. The van der Waals surface area contributed by atoms with E-state index in [0.717, 1.165) is 5.69 Å². The van der Waals surface area contributed by atoms with E-state index < -0.39 is 0 Å². The number of aromatic nitrogens is 4. The predicted octanol–water partition coefficient (Wildman–Crippen LogP) is 0.168. The zero-order chi connectivity index (χ0) is 11.5. The minimum Gasteiger partial charge on any atom is -0.419 e. The molecule has 2 heterocycles. The van der Waals surface area contributed by atoms with Crippen molar-refractivity contribution in [2.24, 2.45) is 5.84 Å². The number of hydrogen-bond donors (Lipinski definition) is 4. The van der Waals surface area contributed by atoms with Gasteiger partial charge in [-0.05, 0) is 6.92 Å². The second-order valence-corrected chi connectivity index (χ2v) is 3.09. The van der Waals surface area contributed by atoms with Crippen molar-refractivity contribution in [2.45, 2.75) is 6.92 Å². The highest BCUT2D eigenvalue weighted by Gasteiger charge is 2.05. The van der Waals surface area contributed by atoms with Gasteiger partial charge in [0, 0.05) is 17.8 Å². The zero-order valence-electron chi connectivity index (χ0n) is 8.56. The highest BCUT2D eigenvalue weighted by Crippen LogP contribution is 2.20. The molecule has 0 saturated carbocycles. The monoisotopic (exact) mass is 221 g/mol. The first kappa shape index (κ1) is 10.2. The van der Waals surface area contributed by atoms with Crippen LogP contribution >= 0.6 is 0 Å². The molecule has 0 saturated heterocycles. The molecular formula is C8H11N7O. The van der Waals surface area contributed by atoms with Crippen LogP contribution < -0.4 is 21.7 Å². The quantitative estimate of drug-likeness (QED) is 0.429. The molecule has 0 aliphatic heterocycles. The number of nitrogens with one attached hydrogen (secondary N) is 2. The Labute approximate surface area is 91.0 Å². The topological polar surface area (TPSA) is 128 Å².